The van der Waals surface area contributed by atoms with E-state index in [0.717, 1.165) is 5.69 Å². The molecule has 2 rings (SSSR count). The van der Waals surface area contributed by atoms with Crippen LogP contribution in [0.4, 0.5) is 16.2 Å². The number of benzene rings is 1. The van der Waals surface area contributed by atoms with Gasteiger partial charge < -0.3 is 10.1 Å². The van der Waals surface area contributed by atoms with Crippen LogP contribution in [-0.2, 0) is 4.74 Å². The average molecular weight is 311 g/mol. The molecule has 0 spiro atoms. The monoisotopic (exact) mass is 310 g/mol. The van der Waals surface area contributed by atoms with Crippen molar-refractivity contribution in [2.45, 2.75) is 26.3 Å². The van der Waals surface area contributed by atoms with Crippen molar-refractivity contribution in [1.29, 1.82) is 0 Å². The minimum Gasteiger partial charge on any atom is -0.415 e. The molecule has 1 N–H and O–H groups in total. The molecule has 0 saturated carbocycles. The maximum atomic E-state index is 12.3. The molecule has 4 nitrogen and oxygen atoms in total. The third-order valence-electron chi connectivity index (χ3n) is 2.94. The first kappa shape index (κ1) is 14.8. The summed E-state index contributed by atoms with van der Waals surface area (Å²) in [6.07, 6.45) is 0.167. The highest BCUT2D eigenvalue weighted by atomic mass is 35.5. The third-order valence-corrected chi connectivity index (χ3v) is 3.55. The molecule has 0 fully saturated rings. The summed E-state index contributed by atoms with van der Waals surface area (Å²) in [7, 11) is 0. The Kier molecular flexibility index (Phi) is 4.30. The predicted octanol–water partition coefficient (Wildman–Crippen LogP) is 4.35. The molecule has 1 atom stereocenters. The van der Waals surface area contributed by atoms with Gasteiger partial charge in [-0.2, -0.15) is 0 Å². The Balaban J connectivity index is 2.49. The Labute approximate surface area is 128 Å². The number of ether oxygens (including phenoxy) is 1. The van der Waals surface area contributed by atoms with Gasteiger partial charge in [0.25, 0.3) is 0 Å². The van der Waals surface area contributed by atoms with E-state index < -0.39 is 6.09 Å². The largest absolute Gasteiger partial charge is 0.420 e. The summed E-state index contributed by atoms with van der Waals surface area (Å²) in [4.78, 5) is 14.4. The molecule has 0 saturated heterocycles. The Bertz CT molecular complexity index is 589. The number of fused-ring (bicyclic) bond motifs is 1. The number of thiocarbonyl (C=S) groups is 1. The molecule has 1 aromatic rings. The van der Waals surface area contributed by atoms with Crippen molar-refractivity contribution in [3.63, 3.8) is 0 Å². The number of carbonyl (C=O) groups excluding carboxylic acids is 1. The van der Waals surface area contributed by atoms with Crippen molar-refractivity contribution in [2.75, 3.05) is 10.2 Å². The van der Waals surface area contributed by atoms with E-state index in [1.54, 1.807) is 25.1 Å². The second kappa shape index (κ2) is 5.81. The van der Waals surface area contributed by atoms with E-state index in [2.05, 4.69) is 11.9 Å². The minimum atomic E-state index is -0.503. The number of nitrogens with zero attached hydrogens (tertiary/aromatic N) is 1. The molecule has 1 aliphatic heterocycles. The van der Waals surface area contributed by atoms with Crippen molar-refractivity contribution >= 4 is 46.3 Å². The summed E-state index contributed by atoms with van der Waals surface area (Å²) in [5.74, 6) is 0.331. The van der Waals surface area contributed by atoms with Crippen LogP contribution in [-0.4, -0.2) is 17.1 Å². The maximum absolute atomic E-state index is 12.3. The van der Waals surface area contributed by atoms with E-state index in [1.807, 2.05) is 6.92 Å². The van der Waals surface area contributed by atoms with Gasteiger partial charge in [0.2, 0.25) is 0 Å². The first-order valence-corrected chi connectivity index (χ1v) is 6.99. The number of amides is 1. The van der Waals surface area contributed by atoms with E-state index in [0.29, 0.717) is 27.9 Å². The number of hydrogen-bond acceptors (Lipinski definition) is 3. The lowest BCUT2D eigenvalue weighted by Crippen LogP contribution is -2.50. The number of carbonyl (C=O) groups is 1. The van der Waals surface area contributed by atoms with E-state index in [9.17, 15) is 4.79 Å². The molecule has 1 amide bonds. The van der Waals surface area contributed by atoms with Crippen molar-refractivity contribution in [3.05, 3.63) is 35.6 Å². The quantitative estimate of drug-likeness (QED) is 0.651. The molecular weight excluding hydrogens is 296 g/mol. The molecule has 0 unspecified atom stereocenters. The smallest absolute Gasteiger partial charge is 0.415 e. The van der Waals surface area contributed by atoms with Gasteiger partial charge in [-0.25, -0.2) is 4.79 Å². The molecule has 0 radical (unpaired) electrons. The van der Waals surface area contributed by atoms with Crippen LogP contribution in [0.5, 0.6) is 0 Å². The van der Waals surface area contributed by atoms with Crippen LogP contribution in [0, 0.1) is 0 Å². The normalized spacial score (nSPS) is 17.2. The Morgan fingerprint density at radius 3 is 2.90 bits per heavy atom. The summed E-state index contributed by atoms with van der Waals surface area (Å²) in [6, 6.07) is 4.98. The lowest BCUT2D eigenvalue weighted by molar-refractivity contribution is 0.183. The standard InChI is InChI=1S/C14H15ClN2O2S/c1-4-11-13(20)16-10-6-5-9(15)7-12(10)17(11)14(18)19-8(2)3/h5-7,11H,2,4H2,1,3H3,(H,16,20)/t11-/m0/s1. The fourth-order valence-electron chi connectivity index (χ4n) is 2.10. The zero-order chi connectivity index (χ0) is 14.9. The second-order valence-corrected chi connectivity index (χ2v) is 5.39. The van der Waals surface area contributed by atoms with E-state index in [4.69, 9.17) is 28.6 Å². The first-order chi connectivity index (χ1) is 9.43. The SMILES string of the molecule is C=C(C)OC(=O)N1c2cc(Cl)ccc2NC(=S)[C@@H]1CC. The van der Waals surface area contributed by atoms with E-state index >= 15 is 0 Å². The summed E-state index contributed by atoms with van der Waals surface area (Å²) in [5, 5.41) is 3.67. The fourth-order valence-corrected chi connectivity index (χ4v) is 2.65. The minimum absolute atomic E-state index is 0.261. The lowest BCUT2D eigenvalue weighted by atomic mass is 10.1. The van der Waals surface area contributed by atoms with Crippen molar-refractivity contribution in [3.8, 4) is 0 Å². The molecule has 0 aliphatic carbocycles. The van der Waals surface area contributed by atoms with Gasteiger partial charge in [0, 0.05) is 5.02 Å². The van der Waals surface area contributed by atoms with Crippen LogP contribution in [0.1, 0.15) is 20.3 Å². The highest BCUT2D eigenvalue weighted by Gasteiger charge is 2.34. The summed E-state index contributed by atoms with van der Waals surface area (Å²) >= 11 is 11.4. The Hall–Kier alpha value is -1.59. The predicted molar refractivity (Wildman–Crippen MR) is 85.5 cm³/mol. The lowest BCUT2D eigenvalue weighted by Gasteiger charge is -2.37. The Morgan fingerprint density at radius 2 is 2.30 bits per heavy atom. The van der Waals surface area contributed by atoms with Crippen molar-refractivity contribution in [1.82, 2.24) is 0 Å². The van der Waals surface area contributed by atoms with Gasteiger partial charge in [0.15, 0.2) is 0 Å². The fraction of sp³-hybridized carbons (Fsp3) is 0.286. The second-order valence-electron chi connectivity index (χ2n) is 4.51. The number of hydrogen-bond donors (Lipinski definition) is 1. The van der Waals surface area contributed by atoms with Crippen LogP contribution < -0.4 is 10.2 Å². The molecule has 106 valence electrons. The zero-order valence-corrected chi connectivity index (χ0v) is 12.8. The molecule has 1 aliphatic rings. The van der Waals surface area contributed by atoms with Crippen molar-refractivity contribution in [2.24, 2.45) is 0 Å². The molecule has 0 bridgehead atoms. The molecule has 1 aromatic carbocycles. The number of nitrogens with one attached hydrogen (secondary N) is 1. The first-order valence-electron chi connectivity index (χ1n) is 6.21. The molecule has 20 heavy (non-hydrogen) atoms. The summed E-state index contributed by atoms with van der Waals surface area (Å²) < 4.78 is 5.13. The summed E-state index contributed by atoms with van der Waals surface area (Å²) in [5.41, 5.74) is 1.40. The summed E-state index contributed by atoms with van der Waals surface area (Å²) in [6.45, 7) is 7.17. The van der Waals surface area contributed by atoms with Gasteiger partial charge in [-0.1, -0.05) is 37.3 Å². The van der Waals surface area contributed by atoms with Crippen LogP contribution in [0.3, 0.4) is 0 Å². The number of anilines is 2. The topological polar surface area (TPSA) is 41.6 Å². The van der Waals surface area contributed by atoms with Gasteiger partial charge in [-0.05, 0) is 31.5 Å². The molecule has 1 heterocycles. The third kappa shape index (κ3) is 2.78. The van der Waals surface area contributed by atoms with Crippen LogP contribution in [0.2, 0.25) is 5.02 Å². The number of allylic oxidation sites excluding steroid dienone is 1. The average Bonchev–Trinajstić information content (AvgIpc) is 2.36. The Morgan fingerprint density at radius 1 is 1.60 bits per heavy atom. The highest BCUT2D eigenvalue weighted by Crippen LogP contribution is 2.36. The maximum Gasteiger partial charge on any atom is 0.420 e. The molecule has 0 aromatic heterocycles. The van der Waals surface area contributed by atoms with Crippen LogP contribution in [0.25, 0.3) is 0 Å². The van der Waals surface area contributed by atoms with E-state index in [-0.39, 0.29) is 6.04 Å². The zero-order valence-electron chi connectivity index (χ0n) is 11.3. The van der Waals surface area contributed by atoms with Gasteiger partial charge in [0.1, 0.15) is 4.99 Å². The van der Waals surface area contributed by atoms with Crippen LogP contribution in [0.15, 0.2) is 30.5 Å². The number of halogens is 1. The van der Waals surface area contributed by atoms with Gasteiger partial charge >= 0.3 is 6.09 Å². The number of rotatable bonds is 2. The highest BCUT2D eigenvalue weighted by molar-refractivity contribution is 7.80. The van der Waals surface area contributed by atoms with Gasteiger partial charge in [0.05, 0.1) is 23.2 Å². The van der Waals surface area contributed by atoms with Gasteiger partial charge in [-0.15, -0.1) is 0 Å². The van der Waals surface area contributed by atoms with Gasteiger partial charge in [-0.3, -0.25) is 4.90 Å². The van der Waals surface area contributed by atoms with Crippen LogP contribution >= 0.6 is 23.8 Å². The van der Waals surface area contributed by atoms with Crippen molar-refractivity contribution < 1.29 is 9.53 Å². The molecular formula is C14H15ClN2O2S. The molecule has 6 heteroatoms. The van der Waals surface area contributed by atoms with E-state index in [1.165, 1.54) is 4.90 Å².